The average molecular weight is 308 g/mol. The molecular weight excluding hydrogens is 294 g/mol. The van der Waals surface area contributed by atoms with E-state index in [4.69, 9.17) is 16.9 Å². The summed E-state index contributed by atoms with van der Waals surface area (Å²) in [6.07, 6.45) is 1.78. The smallest absolute Gasteiger partial charge is 0.0991 e. The molecule has 108 valence electrons. The number of nitrogens with zero attached hydrogens (tertiary/aromatic N) is 2. The molecule has 1 unspecified atom stereocenters. The number of anilines is 1. The summed E-state index contributed by atoms with van der Waals surface area (Å²) < 4.78 is 0. The van der Waals surface area contributed by atoms with Crippen LogP contribution in [0.5, 0.6) is 0 Å². The van der Waals surface area contributed by atoms with Crippen LogP contribution in [0.1, 0.15) is 24.1 Å². The SMILES string of the molecule is CC(Nc1ccnc2ccc(Cl)cc12)c1ccc(C#N)cc1. The summed E-state index contributed by atoms with van der Waals surface area (Å²) in [5, 5.41) is 14.0. The molecule has 0 aliphatic heterocycles. The summed E-state index contributed by atoms with van der Waals surface area (Å²) in [5.74, 6) is 0. The Hall–Kier alpha value is -2.57. The van der Waals surface area contributed by atoms with Gasteiger partial charge in [-0.25, -0.2) is 0 Å². The van der Waals surface area contributed by atoms with E-state index in [9.17, 15) is 0 Å². The number of pyridine rings is 1. The molecule has 0 spiro atoms. The van der Waals surface area contributed by atoms with Crippen LogP contribution in [0.2, 0.25) is 5.02 Å². The summed E-state index contributed by atoms with van der Waals surface area (Å²) in [5.41, 5.74) is 3.67. The second-order valence-electron chi connectivity index (χ2n) is 5.12. The Morgan fingerprint density at radius 1 is 1.14 bits per heavy atom. The maximum Gasteiger partial charge on any atom is 0.0991 e. The zero-order valence-corrected chi connectivity index (χ0v) is 12.8. The number of halogens is 1. The number of nitrogens with one attached hydrogen (secondary N) is 1. The van der Waals surface area contributed by atoms with Crippen molar-refractivity contribution in [1.82, 2.24) is 4.98 Å². The molecule has 3 nitrogen and oxygen atoms in total. The number of nitriles is 1. The fourth-order valence-corrected chi connectivity index (χ4v) is 2.58. The third kappa shape index (κ3) is 2.88. The highest BCUT2D eigenvalue weighted by Crippen LogP contribution is 2.28. The lowest BCUT2D eigenvalue weighted by Gasteiger charge is -2.17. The molecule has 4 heteroatoms. The summed E-state index contributed by atoms with van der Waals surface area (Å²) >= 11 is 6.09. The Bertz CT molecular complexity index is 850. The molecule has 0 saturated heterocycles. The van der Waals surface area contributed by atoms with Gasteiger partial charge in [0.25, 0.3) is 0 Å². The van der Waals surface area contributed by atoms with Gasteiger partial charge in [0.05, 0.1) is 17.1 Å². The van der Waals surface area contributed by atoms with E-state index in [1.165, 1.54) is 0 Å². The van der Waals surface area contributed by atoms with Crippen molar-refractivity contribution in [2.45, 2.75) is 13.0 Å². The van der Waals surface area contributed by atoms with Crippen molar-refractivity contribution in [3.8, 4) is 6.07 Å². The molecule has 0 radical (unpaired) electrons. The minimum Gasteiger partial charge on any atom is -0.378 e. The van der Waals surface area contributed by atoms with Gasteiger partial charge in [0, 0.05) is 28.3 Å². The summed E-state index contributed by atoms with van der Waals surface area (Å²) in [4.78, 5) is 4.35. The van der Waals surface area contributed by atoms with Crippen LogP contribution in [0.4, 0.5) is 5.69 Å². The van der Waals surface area contributed by atoms with E-state index in [1.54, 1.807) is 6.20 Å². The molecule has 3 aromatic rings. The van der Waals surface area contributed by atoms with Crippen molar-refractivity contribution in [1.29, 1.82) is 5.26 Å². The Labute approximate surface area is 134 Å². The van der Waals surface area contributed by atoms with E-state index >= 15 is 0 Å². The third-order valence-corrected chi connectivity index (χ3v) is 3.85. The van der Waals surface area contributed by atoms with Crippen LogP contribution in [-0.2, 0) is 0 Å². The molecule has 0 aliphatic rings. The number of aromatic nitrogens is 1. The van der Waals surface area contributed by atoms with Crippen molar-refractivity contribution >= 4 is 28.2 Å². The second kappa shape index (κ2) is 6.05. The van der Waals surface area contributed by atoms with Crippen LogP contribution in [-0.4, -0.2) is 4.98 Å². The van der Waals surface area contributed by atoms with Crippen LogP contribution < -0.4 is 5.32 Å². The van der Waals surface area contributed by atoms with Crippen LogP contribution >= 0.6 is 11.6 Å². The van der Waals surface area contributed by atoms with Gasteiger partial charge >= 0.3 is 0 Å². The zero-order chi connectivity index (χ0) is 15.5. The Balaban J connectivity index is 1.92. The van der Waals surface area contributed by atoms with Gasteiger partial charge in [0.2, 0.25) is 0 Å². The summed E-state index contributed by atoms with van der Waals surface area (Å²) in [6, 6.07) is 17.4. The third-order valence-electron chi connectivity index (χ3n) is 3.62. The average Bonchev–Trinajstić information content (AvgIpc) is 2.55. The zero-order valence-electron chi connectivity index (χ0n) is 12.0. The van der Waals surface area contributed by atoms with Gasteiger partial charge in [-0.15, -0.1) is 0 Å². The van der Waals surface area contributed by atoms with Gasteiger partial charge in [-0.05, 0) is 48.9 Å². The largest absolute Gasteiger partial charge is 0.378 e. The summed E-state index contributed by atoms with van der Waals surface area (Å²) in [6.45, 7) is 2.08. The molecular formula is C18H14ClN3. The van der Waals surface area contributed by atoms with Crippen LogP contribution in [0.15, 0.2) is 54.7 Å². The minimum atomic E-state index is 0.109. The van der Waals surface area contributed by atoms with E-state index in [-0.39, 0.29) is 6.04 Å². The Morgan fingerprint density at radius 2 is 1.91 bits per heavy atom. The van der Waals surface area contributed by atoms with E-state index < -0.39 is 0 Å². The molecule has 1 aromatic heterocycles. The number of hydrogen-bond acceptors (Lipinski definition) is 3. The first-order valence-electron chi connectivity index (χ1n) is 6.98. The highest BCUT2D eigenvalue weighted by atomic mass is 35.5. The molecule has 2 aromatic carbocycles. The molecule has 3 rings (SSSR count). The maximum absolute atomic E-state index is 8.86. The topological polar surface area (TPSA) is 48.7 Å². The van der Waals surface area contributed by atoms with E-state index in [0.717, 1.165) is 22.2 Å². The van der Waals surface area contributed by atoms with Crippen molar-refractivity contribution < 1.29 is 0 Å². The van der Waals surface area contributed by atoms with Crippen LogP contribution in [0, 0.1) is 11.3 Å². The molecule has 0 aliphatic carbocycles. The highest BCUT2D eigenvalue weighted by Gasteiger charge is 2.08. The Morgan fingerprint density at radius 3 is 2.64 bits per heavy atom. The molecule has 1 heterocycles. The minimum absolute atomic E-state index is 0.109. The lowest BCUT2D eigenvalue weighted by atomic mass is 10.1. The molecule has 0 saturated carbocycles. The lowest BCUT2D eigenvalue weighted by molar-refractivity contribution is 0.886. The van der Waals surface area contributed by atoms with Gasteiger partial charge in [-0.2, -0.15) is 5.26 Å². The molecule has 1 N–H and O–H groups in total. The first kappa shape index (κ1) is 14.4. The number of benzene rings is 2. The first-order valence-corrected chi connectivity index (χ1v) is 7.36. The standard InChI is InChI=1S/C18H14ClN3/c1-12(14-4-2-13(11-20)3-5-14)22-18-8-9-21-17-7-6-15(19)10-16(17)18/h2-10,12H,1H3,(H,21,22). The molecule has 0 fully saturated rings. The monoisotopic (exact) mass is 307 g/mol. The predicted octanol–water partition coefficient (Wildman–Crippen LogP) is 4.93. The van der Waals surface area contributed by atoms with Crippen molar-refractivity contribution in [3.05, 3.63) is 70.9 Å². The molecule has 0 bridgehead atoms. The quantitative estimate of drug-likeness (QED) is 0.746. The van der Waals surface area contributed by atoms with Crippen LogP contribution in [0.25, 0.3) is 10.9 Å². The second-order valence-corrected chi connectivity index (χ2v) is 5.56. The maximum atomic E-state index is 8.86. The number of hydrogen-bond donors (Lipinski definition) is 1. The molecule has 1 atom stereocenters. The predicted molar refractivity (Wildman–Crippen MR) is 89.9 cm³/mol. The normalized spacial score (nSPS) is 11.9. The van der Waals surface area contributed by atoms with Crippen LogP contribution in [0.3, 0.4) is 0 Å². The van der Waals surface area contributed by atoms with Gasteiger partial charge in [-0.3, -0.25) is 4.98 Å². The number of rotatable bonds is 3. The van der Waals surface area contributed by atoms with Gasteiger partial charge < -0.3 is 5.32 Å². The fraction of sp³-hybridized carbons (Fsp3) is 0.111. The van der Waals surface area contributed by atoms with E-state index in [1.807, 2.05) is 48.5 Å². The highest BCUT2D eigenvalue weighted by molar-refractivity contribution is 6.31. The van der Waals surface area contributed by atoms with Crippen molar-refractivity contribution in [3.63, 3.8) is 0 Å². The number of fused-ring (bicyclic) bond motifs is 1. The van der Waals surface area contributed by atoms with E-state index in [2.05, 4.69) is 23.3 Å². The van der Waals surface area contributed by atoms with Gasteiger partial charge in [-0.1, -0.05) is 23.7 Å². The molecule has 0 amide bonds. The first-order chi connectivity index (χ1) is 10.7. The Kier molecular flexibility index (Phi) is 3.95. The van der Waals surface area contributed by atoms with Crippen molar-refractivity contribution in [2.24, 2.45) is 0 Å². The van der Waals surface area contributed by atoms with E-state index in [0.29, 0.717) is 10.6 Å². The fourth-order valence-electron chi connectivity index (χ4n) is 2.41. The lowest BCUT2D eigenvalue weighted by Crippen LogP contribution is -2.07. The van der Waals surface area contributed by atoms with Crippen molar-refractivity contribution in [2.75, 3.05) is 5.32 Å². The van der Waals surface area contributed by atoms with Gasteiger partial charge in [0.1, 0.15) is 0 Å². The summed E-state index contributed by atoms with van der Waals surface area (Å²) in [7, 11) is 0. The molecule has 22 heavy (non-hydrogen) atoms. The van der Waals surface area contributed by atoms with Gasteiger partial charge in [0.15, 0.2) is 0 Å².